The summed E-state index contributed by atoms with van der Waals surface area (Å²) in [5.74, 6) is -1.31. The number of anilines is 2. The maximum Gasteiger partial charge on any atom is 0.411 e. The van der Waals surface area contributed by atoms with Crippen LogP contribution in [0.1, 0.15) is 18.4 Å². The zero-order valence-corrected chi connectivity index (χ0v) is 21.4. The van der Waals surface area contributed by atoms with Gasteiger partial charge in [-0.25, -0.2) is 4.79 Å². The lowest BCUT2D eigenvalue weighted by Gasteiger charge is -2.31. The molecule has 1 aliphatic rings. The lowest BCUT2D eigenvalue weighted by Crippen LogP contribution is -2.52. The van der Waals surface area contributed by atoms with Gasteiger partial charge in [0.25, 0.3) is 5.91 Å². The number of guanidine groups is 1. The van der Waals surface area contributed by atoms with Crippen molar-refractivity contribution in [3.8, 4) is 0 Å². The largest absolute Gasteiger partial charge is 0.465 e. The van der Waals surface area contributed by atoms with E-state index < -0.39 is 24.0 Å². The summed E-state index contributed by atoms with van der Waals surface area (Å²) in [7, 11) is 3.50. The van der Waals surface area contributed by atoms with E-state index in [1.165, 1.54) is 12.1 Å². The van der Waals surface area contributed by atoms with Gasteiger partial charge in [-0.15, -0.1) is 0 Å². The van der Waals surface area contributed by atoms with Crippen molar-refractivity contribution < 1.29 is 19.5 Å². The molecule has 0 spiro atoms. The Morgan fingerprint density at radius 1 is 1.14 bits per heavy atom. The monoisotopic (exact) mass is 534 g/mol. The Balaban J connectivity index is 1.87. The van der Waals surface area contributed by atoms with Gasteiger partial charge in [-0.05, 0) is 56.8 Å². The van der Waals surface area contributed by atoms with Crippen LogP contribution in [0.5, 0.6) is 0 Å². The molecule has 0 radical (unpaired) electrons. The number of carbonyl (C=O) groups is 3. The van der Waals surface area contributed by atoms with Gasteiger partial charge in [0.05, 0.1) is 28.8 Å². The number of rotatable bonds is 7. The summed E-state index contributed by atoms with van der Waals surface area (Å²) in [5.41, 5.74) is 1.57. The molecule has 2 aromatic rings. The highest BCUT2D eigenvalue weighted by Crippen LogP contribution is 2.33. The minimum Gasteiger partial charge on any atom is -0.465 e. The van der Waals surface area contributed by atoms with Gasteiger partial charge in [0.2, 0.25) is 11.9 Å². The Morgan fingerprint density at radius 3 is 2.36 bits per heavy atom. The summed E-state index contributed by atoms with van der Waals surface area (Å²) in [6.07, 6.45) is -0.125. The van der Waals surface area contributed by atoms with Gasteiger partial charge in [0.1, 0.15) is 6.04 Å². The molecular weight excluding hydrogens is 507 g/mol. The second-order valence-corrected chi connectivity index (χ2v) is 9.42. The van der Waals surface area contributed by atoms with E-state index in [2.05, 4.69) is 5.32 Å². The highest BCUT2D eigenvalue weighted by molar-refractivity contribution is 6.39. The zero-order chi connectivity index (χ0) is 26.4. The van der Waals surface area contributed by atoms with Crippen molar-refractivity contribution in [2.24, 2.45) is 0 Å². The first kappa shape index (κ1) is 27.3. The molecular formula is C24H28Cl2N6O4. The van der Waals surface area contributed by atoms with Crippen molar-refractivity contribution in [2.45, 2.75) is 25.4 Å². The smallest absolute Gasteiger partial charge is 0.411 e. The molecule has 0 bridgehead atoms. The fourth-order valence-electron chi connectivity index (χ4n) is 4.05. The minimum absolute atomic E-state index is 0.133. The van der Waals surface area contributed by atoms with Crippen LogP contribution >= 0.6 is 23.2 Å². The number of carbonyl (C=O) groups excluding carboxylic acids is 2. The molecule has 0 aromatic heterocycles. The maximum absolute atomic E-state index is 13.6. The van der Waals surface area contributed by atoms with Gasteiger partial charge < -0.3 is 20.2 Å². The molecule has 3 amide bonds. The normalized spacial score (nSPS) is 15.0. The van der Waals surface area contributed by atoms with E-state index >= 15 is 0 Å². The van der Waals surface area contributed by atoms with Crippen LogP contribution in [-0.4, -0.2) is 72.0 Å². The molecule has 1 saturated heterocycles. The third-order valence-electron chi connectivity index (χ3n) is 5.55. The van der Waals surface area contributed by atoms with Gasteiger partial charge in [0, 0.05) is 12.2 Å². The van der Waals surface area contributed by atoms with E-state index in [9.17, 15) is 14.4 Å². The molecule has 1 atom stereocenters. The molecule has 2 aromatic carbocycles. The number of amides is 3. The highest BCUT2D eigenvalue weighted by Gasteiger charge is 2.36. The van der Waals surface area contributed by atoms with Crippen LogP contribution < -0.4 is 15.5 Å². The second-order valence-electron chi connectivity index (χ2n) is 8.61. The lowest BCUT2D eigenvalue weighted by molar-refractivity contribution is -0.129. The predicted molar refractivity (Wildman–Crippen MR) is 140 cm³/mol. The van der Waals surface area contributed by atoms with Gasteiger partial charge in [-0.1, -0.05) is 41.4 Å². The molecule has 192 valence electrons. The third-order valence-corrected chi connectivity index (χ3v) is 6.15. The molecule has 4 N–H and O–H groups in total. The predicted octanol–water partition coefficient (Wildman–Crippen LogP) is 3.69. The summed E-state index contributed by atoms with van der Waals surface area (Å²) < 4.78 is 0. The number of benzene rings is 2. The molecule has 0 aliphatic carbocycles. The van der Waals surface area contributed by atoms with E-state index in [1.807, 2.05) is 40.5 Å². The molecule has 1 heterocycles. The number of halogens is 2. The molecule has 36 heavy (non-hydrogen) atoms. The highest BCUT2D eigenvalue weighted by atomic mass is 35.5. The number of nitrogens with one attached hydrogen (secondary N) is 3. The van der Waals surface area contributed by atoms with Crippen molar-refractivity contribution >= 4 is 58.4 Å². The number of para-hydroxylation sites is 1. The maximum atomic E-state index is 13.6. The van der Waals surface area contributed by atoms with E-state index in [1.54, 1.807) is 19.0 Å². The Hall–Kier alpha value is -3.34. The van der Waals surface area contributed by atoms with E-state index in [4.69, 9.17) is 33.7 Å². The Kier molecular flexibility index (Phi) is 9.14. The van der Waals surface area contributed by atoms with Crippen LogP contribution in [-0.2, 0) is 16.1 Å². The number of carboxylic acid groups (broad SMARTS) is 1. The molecule has 12 heteroatoms. The number of nitrogens with zero attached hydrogens (tertiary/aromatic N) is 3. The van der Waals surface area contributed by atoms with Gasteiger partial charge >= 0.3 is 6.09 Å². The molecule has 1 unspecified atom stereocenters. The van der Waals surface area contributed by atoms with E-state index in [-0.39, 0.29) is 34.7 Å². The first-order chi connectivity index (χ1) is 17.1. The van der Waals surface area contributed by atoms with Crippen LogP contribution in [0.25, 0.3) is 0 Å². The van der Waals surface area contributed by atoms with Crippen LogP contribution in [0.2, 0.25) is 10.0 Å². The quantitative estimate of drug-likeness (QED) is 0.316. The second kappa shape index (κ2) is 12.1. The summed E-state index contributed by atoms with van der Waals surface area (Å²) in [6, 6.07) is 11.9. The summed E-state index contributed by atoms with van der Waals surface area (Å²) >= 11 is 12.8. The van der Waals surface area contributed by atoms with Gasteiger partial charge in [0.15, 0.2) is 0 Å². The summed E-state index contributed by atoms with van der Waals surface area (Å²) in [6.45, 7) is 0.642. The first-order valence-electron chi connectivity index (χ1n) is 11.2. The Morgan fingerprint density at radius 2 is 1.78 bits per heavy atom. The standard InChI is InChI=1S/C24H28Cl2N6O4/c1-30(2)14-20(33)28-21-17(25)11-15(12-18(21)26)13-32(23(27)29-24(35)36)22(34)19-9-6-10-31(19)16-7-4-3-5-8-16/h3-5,7-8,11-12,19H,6,9-10,13-14H2,1-2H3,(H2,27,29)(H,28,33)(H,35,36). The molecule has 10 nitrogen and oxygen atoms in total. The number of hydrogen-bond acceptors (Lipinski definition) is 6. The minimum atomic E-state index is -1.46. The number of likely N-dealkylation sites (N-methyl/N-ethyl adjacent to an activating group) is 1. The van der Waals surface area contributed by atoms with Crippen LogP contribution in [0.15, 0.2) is 42.5 Å². The fraction of sp³-hybridized carbons (Fsp3) is 0.333. The van der Waals surface area contributed by atoms with E-state index in [0.29, 0.717) is 18.5 Å². The molecule has 1 aliphatic heterocycles. The van der Waals surface area contributed by atoms with Crippen LogP contribution in [0.3, 0.4) is 0 Å². The van der Waals surface area contributed by atoms with Crippen molar-refractivity contribution in [2.75, 3.05) is 37.4 Å². The summed E-state index contributed by atoms with van der Waals surface area (Å²) in [4.78, 5) is 41.7. The van der Waals surface area contributed by atoms with Crippen molar-refractivity contribution in [3.63, 3.8) is 0 Å². The lowest BCUT2D eigenvalue weighted by atomic mass is 10.1. The SMILES string of the molecule is CN(C)CC(=O)Nc1c(Cl)cc(CN(C(=N)NC(=O)O)C(=O)C2CCCN2c2ccccc2)cc1Cl. The average molecular weight is 535 g/mol. The number of hydrogen-bond donors (Lipinski definition) is 4. The molecule has 0 saturated carbocycles. The van der Waals surface area contributed by atoms with Crippen LogP contribution in [0, 0.1) is 5.41 Å². The van der Waals surface area contributed by atoms with Gasteiger partial charge in [-0.2, -0.15) is 0 Å². The van der Waals surface area contributed by atoms with Gasteiger partial charge in [-0.3, -0.25) is 25.2 Å². The van der Waals surface area contributed by atoms with E-state index in [0.717, 1.165) is 17.0 Å². The van der Waals surface area contributed by atoms with Crippen molar-refractivity contribution in [1.82, 2.24) is 15.1 Å². The topological polar surface area (TPSA) is 129 Å². The molecule has 1 fully saturated rings. The van der Waals surface area contributed by atoms with Crippen molar-refractivity contribution in [3.05, 3.63) is 58.1 Å². The zero-order valence-electron chi connectivity index (χ0n) is 19.9. The first-order valence-corrected chi connectivity index (χ1v) is 12.0. The fourth-order valence-corrected chi connectivity index (χ4v) is 4.68. The van der Waals surface area contributed by atoms with Crippen molar-refractivity contribution in [1.29, 1.82) is 5.41 Å². The van der Waals surface area contributed by atoms with Crippen LogP contribution in [0.4, 0.5) is 16.2 Å². The third kappa shape index (κ3) is 6.87. The Labute approximate surface area is 219 Å². The Bertz CT molecular complexity index is 1120. The molecule has 3 rings (SSSR count). The summed E-state index contributed by atoms with van der Waals surface area (Å²) in [5, 5.41) is 22.4. The average Bonchev–Trinajstić information content (AvgIpc) is 3.29.